The number of aliphatic hydroxyl groups is 3. The van der Waals surface area contributed by atoms with Crippen LogP contribution in [0.2, 0.25) is 0 Å². The molecule has 0 aromatic carbocycles. The molecule has 0 aliphatic carbocycles. The molecule has 0 rings (SSSR count). The van der Waals surface area contributed by atoms with E-state index in [1.54, 1.807) is 0 Å². The topological polar surface area (TPSA) is 99.5 Å². The van der Waals surface area contributed by atoms with Gasteiger partial charge in [-0.25, -0.2) is 0 Å². The molecule has 0 aromatic heterocycles. The van der Waals surface area contributed by atoms with Crippen LogP contribution in [0.25, 0.3) is 0 Å². The molecule has 54 heavy (non-hydrogen) atoms. The van der Waals surface area contributed by atoms with Gasteiger partial charge in [0.1, 0.15) is 0 Å². The van der Waals surface area contributed by atoms with E-state index in [0.29, 0.717) is 51.6 Å². The summed E-state index contributed by atoms with van der Waals surface area (Å²) < 4.78 is 11.9. The number of hydrogen-bond donors (Lipinski definition) is 3. The summed E-state index contributed by atoms with van der Waals surface area (Å²) in [6.07, 6.45) is 32.7. The molecule has 0 aromatic rings. The fourth-order valence-corrected chi connectivity index (χ4v) is 7.58. The number of hydrogen-bond acceptors (Lipinski definition) is 7. The molecule has 0 bridgehead atoms. The normalized spacial score (nSPS) is 13.9. The van der Waals surface area contributed by atoms with Gasteiger partial charge in [0, 0.05) is 25.6 Å². The molecule has 0 heterocycles. The number of esters is 1. The fraction of sp³-hybridized carbons (Fsp3) is 0.936. The molecular formula is C47H93NO6. The lowest BCUT2D eigenvalue weighted by Gasteiger charge is -2.26. The first-order valence-corrected chi connectivity index (χ1v) is 23.5. The van der Waals surface area contributed by atoms with E-state index >= 15 is 0 Å². The van der Waals surface area contributed by atoms with E-state index in [0.717, 1.165) is 57.1 Å². The Hall–Kier alpha value is -1.15. The first kappa shape index (κ1) is 52.9. The highest BCUT2D eigenvalue weighted by atomic mass is 16.5. The molecule has 0 aliphatic heterocycles. The molecule has 0 spiro atoms. The van der Waals surface area contributed by atoms with Crippen molar-refractivity contribution in [3.63, 3.8) is 0 Å². The molecule has 0 aliphatic rings. The first-order chi connectivity index (χ1) is 26.3. The van der Waals surface area contributed by atoms with Crippen LogP contribution in [0.3, 0.4) is 0 Å². The third-order valence-electron chi connectivity index (χ3n) is 11.2. The maximum absolute atomic E-state index is 12.9. The number of carbonyl (C=O) groups excluding carboxylic acids is 1. The van der Waals surface area contributed by atoms with Crippen molar-refractivity contribution in [1.82, 2.24) is 4.90 Å². The summed E-state index contributed by atoms with van der Waals surface area (Å²) >= 11 is 0. The molecule has 0 radical (unpaired) electrons. The van der Waals surface area contributed by atoms with E-state index < -0.39 is 12.2 Å². The van der Waals surface area contributed by atoms with Crippen molar-refractivity contribution in [1.29, 1.82) is 0 Å². The van der Waals surface area contributed by atoms with Crippen LogP contribution in [0.4, 0.5) is 0 Å². The second-order valence-electron chi connectivity index (χ2n) is 16.5. The predicted molar refractivity (Wildman–Crippen MR) is 230 cm³/mol. The van der Waals surface area contributed by atoms with Gasteiger partial charge in [0.25, 0.3) is 0 Å². The third-order valence-corrected chi connectivity index (χ3v) is 11.2. The quantitative estimate of drug-likeness (QED) is 0.0323. The molecule has 4 atom stereocenters. The molecule has 0 amide bonds. The minimum atomic E-state index is -0.552. The highest BCUT2D eigenvalue weighted by molar-refractivity contribution is 5.72. The summed E-state index contributed by atoms with van der Waals surface area (Å²) in [7, 11) is 0. The Balaban J connectivity index is 4.45. The van der Waals surface area contributed by atoms with Crippen LogP contribution in [-0.2, 0) is 14.3 Å². The second kappa shape index (κ2) is 40.1. The van der Waals surface area contributed by atoms with E-state index in [2.05, 4.69) is 34.3 Å². The van der Waals surface area contributed by atoms with Crippen molar-refractivity contribution >= 4 is 5.97 Å². The molecule has 7 heteroatoms. The van der Waals surface area contributed by atoms with Crippen molar-refractivity contribution in [3.8, 4) is 0 Å². The highest BCUT2D eigenvalue weighted by Gasteiger charge is 2.20. The zero-order chi connectivity index (χ0) is 39.9. The van der Waals surface area contributed by atoms with Crippen LogP contribution in [0, 0.1) is 11.8 Å². The van der Waals surface area contributed by atoms with Crippen molar-refractivity contribution in [2.45, 2.75) is 233 Å². The SMILES string of the molecule is C=C(OCCCCC(O)CN(CCO)CC(O)CCCCOC(=O)C(CCCCCC)CCCCCCCC)C(CCCCCC)CCCCCCCC. The minimum absolute atomic E-state index is 0.0119. The van der Waals surface area contributed by atoms with Crippen LogP contribution >= 0.6 is 0 Å². The molecule has 0 saturated carbocycles. The van der Waals surface area contributed by atoms with Crippen molar-refractivity contribution in [3.05, 3.63) is 12.3 Å². The first-order valence-electron chi connectivity index (χ1n) is 23.5. The van der Waals surface area contributed by atoms with Gasteiger partial charge in [-0.15, -0.1) is 0 Å². The van der Waals surface area contributed by atoms with Gasteiger partial charge in [0.15, 0.2) is 0 Å². The van der Waals surface area contributed by atoms with E-state index in [1.165, 1.54) is 128 Å². The van der Waals surface area contributed by atoms with Crippen LogP contribution in [-0.4, -0.2) is 77.9 Å². The number of nitrogens with zero attached hydrogens (tertiary/aromatic N) is 1. The number of ether oxygens (including phenoxy) is 2. The molecule has 7 nitrogen and oxygen atoms in total. The third kappa shape index (κ3) is 33.0. The van der Waals surface area contributed by atoms with Gasteiger partial charge in [0.05, 0.1) is 43.7 Å². The Morgan fingerprint density at radius 1 is 0.500 bits per heavy atom. The number of carbonyl (C=O) groups is 1. The van der Waals surface area contributed by atoms with Gasteiger partial charge >= 0.3 is 5.97 Å². The summed E-state index contributed by atoms with van der Waals surface area (Å²) in [5, 5.41) is 31.2. The largest absolute Gasteiger partial charge is 0.498 e. The predicted octanol–water partition coefficient (Wildman–Crippen LogP) is 12.1. The summed E-state index contributed by atoms with van der Waals surface area (Å²) in [5.74, 6) is 1.38. The molecule has 0 saturated heterocycles. The smallest absolute Gasteiger partial charge is 0.308 e. The maximum atomic E-state index is 12.9. The minimum Gasteiger partial charge on any atom is -0.498 e. The standard InChI is InChI=1S/C47H93NO6/c1-6-10-14-18-20-24-31-43(30-22-16-12-8-3)42(5)53-38-28-26-34-45(50)40-48(36-37-49)41-46(51)35-27-29-39-54-47(52)44(32-23-17-13-9-4)33-25-21-19-15-11-7-2/h43-46,49-51H,5-41H2,1-4H3. The van der Waals surface area contributed by atoms with E-state index in [1.807, 2.05) is 4.90 Å². The fourth-order valence-electron chi connectivity index (χ4n) is 7.58. The second-order valence-corrected chi connectivity index (χ2v) is 16.5. The van der Waals surface area contributed by atoms with Gasteiger partial charge in [-0.3, -0.25) is 9.69 Å². The highest BCUT2D eigenvalue weighted by Crippen LogP contribution is 2.26. The Labute approximate surface area is 335 Å². The number of allylic oxidation sites excluding steroid dienone is 1. The zero-order valence-corrected chi connectivity index (χ0v) is 36.5. The van der Waals surface area contributed by atoms with Crippen LogP contribution < -0.4 is 0 Å². The zero-order valence-electron chi connectivity index (χ0n) is 36.5. The van der Waals surface area contributed by atoms with Crippen LogP contribution in [0.5, 0.6) is 0 Å². The molecule has 4 unspecified atom stereocenters. The molecule has 3 N–H and O–H groups in total. The lowest BCUT2D eigenvalue weighted by molar-refractivity contribution is -0.149. The van der Waals surface area contributed by atoms with E-state index in [-0.39, 0.29) is 18.5 Å². The monoisotopic (exact) mass is 768 g/mol. The van der Waals surface area contributed by atoms with Gasteiger partial charge in [-0.1, -0.05) is 163 Å². The van der Waals surface area contributed by atoms with Crippen molar-refractivity contribution in [2.75, 3.05) is 39.5 Å². The summed E-state index contributed by atoms with van der Waals surface area (Å²) in [6.45, 7) is 15.6. The van der Waals surface area contributed by atoms with Gasteiger partial charge in [0.2, 0.25) is 0 Å². The number of unbranched alkanes of at least 4 members (excludes halogenated alkanes) is 18. The Kier molecular flexibility index (Phi) is 39.2. The van der Waals surface area contributed by atoms with Crippen molar-refractivity contribution < 1.29 is 29.6 Å². The Morgan fingerprint density at radius 2 is 0.852 bits per heavy atom. The summed E-state index contributed by atoms with van der Waals surface area (Å²) in [6, 6.07) is 0. The van der Waals surface area contributed by atoms with Gasteiger partial charge in [-0.2, -0.15) is 0 Å². The Morgan fingerprint density at radius 3 is 1.28 bits per heavy atom. The van der Waals surface area contributed by atoms with Gasteiger partial charge in [-0.05, 0) is 64.2 Å². The lowest BCUT2D eigenvalue weighted by atomic mass is 9.93. The summed E-state index contributed by atoms with van der Waals surface area (Å²) in [5.41, 5.74) is 0. The van der Waals surface area contributed by atoms with Crippen LogP contribution in [0.1, 0.15) is 220 Å². The van der Waals surface area contributed by atoms with Crippen LogP contribution in [0.15, 0.2) is 12.3 Å². The maximum Gasteiger partial charge on any atom is 0.308 e. The summed E-state index contributed by atoms with van der Waals surface area (Å²) in [4.78, 5) is 14.9. The van der Waals surface area contributed by atoms with E-state index in [9.17, 15) is 20.1 Å². The average molecular weight is 768 g/mol. The Bertz CT molecular complexity index is 747. The van der Waals surface area contributed by atoms with Crippen molar-refractivity contribution in [2.24, 2.45) is 11.8 Å². The molecular weight excluding hydrogens is 675 g/mol. The number of aliphatic hydroxyl groups excluding tert-OH is 3. The average Bonchev–Trinajstić information content (AvgIpc) is 3.15. The number of rotatable bonds is 43. The molecule has 0 fully saturated rings. The lowest BCUT2D eigenvalue weighted by Crippen LogP contribution is -2.39. The van der Waals surface area contributed by atoms with Gasteiger partial charge < -0.3 is 24.8 Å². The molecule has 322 valence electrons. The van der Waals surface area contributed by atoms with E-state index in [4.69, 9.17) is 9.47 Å².